The van der Waals surface area contributed by atoms with E-state index < -0.39 is 0 Å². The summed E-state index contributed by atoms with van der Waals surface area (Å²) in [5, 5.41) is 3.42. The van der Waals surface area contributed by atoms with Gasteiger partial charge in [-0.3, -0.25) is 10.00 Å². The molecule has 2 saturated carbocycles. The van der Waals surface area contributed by atoms with Crippen LogP contribution in [0, 0.1) is 10.7 Å². The topological polar surface area (TPSA) is 46.1 Å². The molecule has 4 rings (SSSR count). The van der Waals surface area contributed by atoms with Crippen LogP contribution in [0.5, 0.6) is 5.75 Å². The summed E-state index contributed by atoms with van der Waals surface area (Å²) in [6, 6.07) is 9.34. The van der Waals surface area contributed by atoms with Crippen LogP contribution in [-0.2, 0) is 6.67 Å². The number of ether oxygens (including phenoxy) is 1. The van der Waals surface area contributed by atoms with Crippen LogP contribution in [0.3, 0.4) is 0 Å². The number of benzene rings is 1. The lowest BCUT2D eigenvalue weighted by Crippen LogP contribution is -2.40. The standard InChI is InChI=1S/C20H28N4OS/c1-14-3-7-16(8-4-14)23(17-9-10-17)13-24-20(26)21-19(22-24)15-5-11-18(25-2)12-6-15/h5-6,11-12,14,16-17H,3-4,7-10,13H2,1-2H3,(H,21,22,26). The monoisotopic (exact) mass is 372 g/mol. The SMILES string of the molecule is COc1ccc(-c2nc(=S)n(CN(C3CCC(C)CC3)C3CC3)[nH]2)cc1. The molecule has 1 heterocycles. The average molecular weight is 373 g/mol. The predicted molar refractivity (Wildman–Crippen MR) is 106 cm³/mol. The van der Waals surface area contributed by atoms with Crippen molar-refractivity contribution in [1.29, 1.82) is 0 Å². The van der Waals surface area contributed by atoms with Gasteiger partial charge in [0.2, 0.25) is 4.77 Å². The number of H-pyrrole nitrogens is 1. The van der Waals surface area contributed by atoms with E-state index in [1.54, 1.807) is 7.11 Å². The number of rotatable bonds is 6. The molecule has 1 N–H and O–H groups in total. The highest BCUT2D eigenvalue weighted by Gasteiger charge is 2.35. The highest BCUT2D eigenvalue weighted by molar-refractivity contribution is 7.71. The molecule has 0 unspecified atom stereocenters. The van der Waals surface area contributed by atoms with Gasteiger partial charge < -0.3 is 4.74 Å². The van der Waals surface area contributed by atoms with Crippen LogP contribution < -0.4 is 4.74 Å². The van der Waals surface area contributed by atoms with Crippen LogP contribution in [0.4, 0.5) is 0 Å². The van der Waals surface area contributed by atoms with E-state index in [-0.39, 0.29) is 0 Å². The van der Waals surface area contributed by atoms with E-state index in [1.807, 2.05) is 28.9 Å². The Kier molecular flexibility index (Phi) is 5.14. The van der Waals surface area contributed by atoms with Crippen molar-refractivity contribution in [1.82, 2.24) is 19.7 Å². The lowest BCUT2D eigenvalue weighted by Gasteiger charge is -2.36. The maximum Gasteiger partial charge on any atom is 0.217 e. The molecule has 0 radical (unpaired) electrons. The second-order valence-electron chi connectivity index (χ2n) is 7.81. The summed E-state index contributed by atoms with van der Waals surface area (Å²) < 4.78 is 7.89. The van der Waals surface area contributed by atoms with E-state index in [4.69, 9.17) is 17.0 Å². The van der Waals surface area contributed by atoms with E-state index in [9.17, 15) is 0 Å². The minimum atomic E-state index is 0.630. The largest absolute Gasteiger partial charge is 0.497 e. The highest BCUT2D eigenvalue weighted by atomic mass is 32.1. The summed E-state index contributed by atoms with van der Waals surface area (Å²) in [5.74, 6) is 2.55. The molecule has 0 atom stereocenters. The molecular formula is C20H28N4OS. The number of aromatic nitrogens is 3. The Labute approximate surface area is 160 Å². The first-order chi connectivity index (χ1) is 12.6. The molecule has 0 saturated heterocycles. The highest BCUT2D eigenvalue weighted by Crippen LogP contribution is 2.35. The van der Waals surface area contributed by atoms with Crippen molar-refractivity contribution in [2.24, 2.45) is 5.92 Å². The van der Waals surface area contributed by atoms with Gasteiger partial charge in [0.25, 0.3) is 0 Å². The van der Waals surface area contributed by atoms with Gasteiger partial charge in [-0.15, -0.1) is 0 Å². The van der Waals surface area contributed by atoms with Crippen molar-refractivity contribution in [3.63, 3.8) is 0 Å². The van der Waals surface area contributed by atoms with Crippen molar-refractivity contribution < 1.29 is 4.74 Å². The Bertz CT molecular complexity index is 785. The van der Waals surface area contributed by atoms with Gasteiger partial charge in [0.05, 0.1) is 13.8 Å². The Morgan fingerprint density at radius 2 is 1.73 bits per heavy atom. The first-order valence-electron chi connectivity index (χ1n) is 9.71. The Morgan fingerprint density at radius 3 is 2.31 bits per heavy atom. The molecule has 140 valence electrons. The quantitative estimate of drug-likeness (QED) is 0.752. The van der Waals surface area contributed by atoms with Crippen LogP contribution in [0.1, 0.15) is 45.4 Å². The van der Waals surface area contributed by atoms with Crippen molar-refractivity contribution in [3.8, 4) is 17.1 Å². The first-order valence-corrected chi connectivity index (χ1v) is 10.1. The van der Waals surface area contributed by atoms with Crippen molar-refractivity contribution >= 4 is 12.2 Å². The zero-order valence-electron chi connectivity index (χ0n) is 15.6. The van der Waals surface area contributed by atoms with Crippen LogP contribution in [0.15, 0.2) is 24.3 Å². The van der Waals surface area contributed by atoms with E-state index in [0.717, 1.165) is 35.8 Å². The Morgan fingerprint density at radius 1 is 1.12 bits per heavy atom. The second kappa shape index (κ2) is 7.53. The van der Waals surface area contributed by atoms with Crippen LogP contribution >= 0.6 is 12.2 Å². The summed E-state index contributed by atoms with van der Waals surface area (Å²) in [6.45, 7) is 3.20. The van der Waals surface area contributed by atoms with Crippen LogP contribution in [0.25, 0.3) is 11.4 Å². The van der Waals surface area contributed by atoms with Gasteiger partial charge >= 0.3 is 0 Å². The molecule has 2 aliphatic carbocycles. The lowest BCUT2D eigenvalue weighted by molar-refractivity contribution is 0.0923. The fraction of sp³-hybridized carbons (Fsp3) is 0.600. The van der Waals surface area contributed by atoms with Crippen molar-refractivity contribution in [2.75, 3.05) is 7.11 Å². The van der Waals surface area contributed by atoms with E-state index >= 15 is 0 Å². The molecule has 2 aromatic rings. The van der Waals surface area contributed by atoms with Crippen LogP contribution in [-0.4, -0.2) is 38.9 Å². The van der Waals surface area contributed by atoms with Gasteiger partial charge in [0.1, 0.15) is 5.75 Å². The van der Waals surface area contributed by atoms with E-state index in [1.165, 1.54) is 38.5 Å². The Hall–Kier alpha value is -1.66. The molecule has 0 amide bonds. The molecule has 5 nitrogen and oxygen atoms in total. The average Bonchev–Trinajstić information content (AvgIpc) is 3.44. The summed E-state index contributed by atoms with van der Waals surface area (Å²) in [4.78, 5) is 7.25. The maximum atomic E-state index is 5.54. The van der Waals surface area contributed by atoms with Gasteiger partial charge in [-0.1, -0.05) is 6.92 Å². The lowest BCUT2D eigenvalue weighted by atomic mass is 9.86. The van der Waals surface area contributed by atoms with Crippen molar-refractivity contribution in [2.45, 2.75) is 64.2 Å². The molecule has 6 heteroatoms. The molecular weight excluding hydrogens is 344 g/mol. The molecule has 2 fully saturated rings. The number of hydrogen-bond donors (Lipinski definition) is 1. The summed E-state index contributed by atoms with van der Waals surface area (Å²) >= 11 is 5.54. The predicted octanol–water partition coefficient (Wildman–Crippen LogP) is 4.62. The minimum absolute atomic E-state index is 0.630. The summed E-state index contributed by atoms with van der Waals surface area (Å²) in [7, 11) is 1.68. The second-order valence-corrected chi connectivity index (χ2v) is 8.18. The molecule has 0 aliphatic heterocycles. The third-order valence-electron chi connectivity index (χ3n) is 5.82. The number of hydrogen-bond acceptors (Lipinski definition) is 4. The number of nitrogens with zero attached hydrogens (tertiary/aromatic N) is 3. The number of aromatic amines is 1. The van der Waals surface area contributed by atoms with Crippen LogP contribution in [0.2, 0.25) is 0 Å². The molecule has 1 aromatic carbocycles. The summed E-state index contributed by atoms with van der Waals surface area (Å²) in [6.07, 6.45) is 7.95. The van der Waals surface area contributed by atoms with Gasteiger partial charge in [-0.2, -0.15) is 4.98 Å². The third-order valence-corrected chi connectivity index (χ3v) is 6.13. The van der Waals surface area contributed by atoms with E-state index in [2.05, 4.69) is 21.9 Å². The van der Waals surface area contributed by atoms with Gasteiger partial charge in [-0.05, 0) is 80.9 Å². The molecule has 0 bridgehead atoms. The smallest absolute Gasteiger partial charge is 0.217 e. The van der Waals surface area contributed by atoms with Crippen molar-refractivity contribution in [3.05, 3.63) is 29.0 Å². The Balaban J connectivity index is 1.51. The zero-order valence-corrected chi connectivity index (χ0v) is 16.5. The zero-order chi connectivity index (χ0) is 18.1. The number of nitrogens with one attached hydrogen (secondary N) is 1. The maximum absolute atomic E-state index is 5.54. The van der Waals surface area contributed by atoms with E-state index in [0.29, 0.717) is 10.8 Å². The van der Waals surface area contributed by atoms with Gasteiger partial charge in [-0.25, -0.2) is 4.68 Å². The first kappa shape index (κ1) is 17.7. The molecule has 26 heavy (non-hydrogen) atoms. The molecule has 1 aromatic heterocycles. The minimum Gasteiger partial charge on any atom is -0.497 e. The normalized spacial score (nSPS) is 23.3. The van der Waals surface area contributed by atoms with Gasteiger partial charge in [0, 0.05) is 17.6 Å². The number of methoxy groups -OCH3 is 1. The summed E-state index contributed by atoms with van der Waals surface area (Å²) in [5.41, 5.74) is 1.03. The molecule has 2 aliphatic rings. The van der Waals surface area contributed by atoms with Gasteiger partial charge in [0.15, 0.2) is 5.82 Å². The molecule has 0 spiro atoms. The fourth-order valence-corrected chi connectivity index (χ4v) is 4.20. The fourth-order valence-electron chi connectivity index (χ4n) is 4.00. The third kappa shape index (κ3) is 3.86.